The highest BCUT2D eigenvalue weighted by Gasteiger charge is 2.14. The lowest BCUT2D eigenvalue weighted by molar-refractivity contribution is 0.340. The molecule has 2 heterocycles. The Hall–Kier alpha value is -0.900. The highest BCUT2D eigenvalue weighted by molar-refractivity contribution is 7.99. The van der Waals surface area contributed by atoms with E-state index in [1.807, 2.05) is 25.3 Å². The number of pyridine rings is 1. The van der Waals surface area contributed by atoms with Crippen LogP contribution in [0.3, 0.4) is 0 Å². The molecular weight excluding hydrogens is 232 g/mol. The van der Waals surface area contributed by atoms with E-state index in [4.69, 9.17) is 4.74 Å². The van der Waals surface area contributed by atoms with Crippen LogP contribution < -0.4 is 10.1 Å². The quantitative estimate of drug-likeness (QED) is 0.873. The second-order valence-electron chi connectivity index (χ2n) is 4.22. The van der Waals surface area contributed by atoms with Crippen LogP contribution in [-0.2, 0) is 0 Å². The summed E-state index contributed by atoms with van der Waals surface area (Å²) in [7, 11) is 0. The standard InChI is InChI=1S/C13H20N2OS/c1-2-16-12-4-3-7-14-13(12)15-10-11-5-8-17-9-6-11/h3-4,7,11H,2,5-6,8-10H2,1H3,(H,14,15). The number of rotatable bonds is 5. The molecule has 1 aliphatic heterocycles. The van der Waals surface area contributed by atoms with E-state index in [-0.39, 0.29) is 0 Å². The van der Waals surface area contributed by atoms with Crippen molar-refractivity contribution in [1.29, 1.82) is 0 Å². The first-order valence-electron chi connectivity index (χ1n) is 6.29. The SMILES string of the molecule is CCOc1cccnc1NCC1CCSCC1. The smallest absolute Gasteiger partial charge is 0.168 e. The predicted octanol–water partition coefficient (Wildman–Crippen LogP) is 3.04. The molecule has 1 fully saturated rings. The molecule has 0 bridgehead atoms. The zero-order valence-electron chi connectivity index (χ0n) is 10.3. The molecule has 0 aromatic carbocycles. The molecule has 0 amide bonds. The van der Waals surface area contributed by atoms with Crippen molar-refractivity contribution < 1.29 is 4.74 Å². The first kappa shape index (κ1) is 12.6. The van der Waals surface area contributed by atoms with Crippen LogP contribution in [-0.4, -0.2) is 29.6 Å². The van der Waals surface area contributed by atoms with Gasteiger partial charge < -0.3 is 10.1 Å². The zero-order chi connectivity index (χ0) is 11.9. The van der Waals surface area contributed by atoms with Crippen molar-refractivity contribution in [2.75, 3.05) is 30.0 Å². The lowest BCUT2D eigenvalue weighted by Gasteiger charge is -2.22. The van der Waals surface area contributed by atoms with E-state index in [0.29, 0.717) is 6.61 Å². The highest BCUT2D eigenvalue weighted by atomic mass is 32.2. The largest absolute Gasteiger partial charge is 0.490 e. The second-order valence-corrected chi connectivity index (χ2v) is 5.44. The maximum atomic E-state index is 5.55. The molecular formula is C13H20N2OS. The highest BCUT2D eigenvalue weighted by Crippen LogP contribution is 2.25. The number of thioether (sulfide) groups is 1. The summed E-state index contributed by atoms with van der Waals surface area (Å²) in [5, 5.41) is 3.42. The van der Waals surface area contributed by atoms with Crippen LogP contribution >= 0.6 is 11.8 Å². The van der Waals surface area contributed by atoms with Gasteiger partial charge in [0.15, 0.2) is 11.6 Å². The van der Waals surface area contributed by atoms with Crippen molar-refractivity contribution in [2.45, 2.75) is 19.8 Å². The van der Waals surface area contributed by atoms with Crippen LogP contribution in [0.1, 0.15) is 19.8 Å². The average Bonchev–Trinajstić information content (AvgIpc) is 2.39. The molecule has 4 heteroatoms. The Balaban J connectivity index is 1.88. The molecule has 1 N–H and O–H groups in total. The van der Waals surface area contributed by atoms with Crippen LogP contribution in [0.25, 0.3) is 0 Å². The minimum Gasteiger partial charge on any atom is -0.490 e. The van der Waals surface area contributed by atoms with Gasteiger partial charge in [-0.05, 0) is 49.3 Å². The van der Waals surface area contributed by atoms with E-state index in [1.54, 1.807) is 0 Å². The summed E-state index contributed by atoms with van der Waals surface area (Å²) in [6.07, 6.45) is 4.44. The van der Waals surface area contributed by atoms with Gasteiger partial charge in [-0.3, -0.25) is 0 Å². The van der Waals surface area contributed by atoms with Gasteiger partial charge in [0.25, 0.3) is 0 Å². The van der Waals surface area contributed by atoms with Crippen LogP contribution in [0.2, 0.25) is 0 Å². The van der Waals surface area contributed by atoms with Crippen LogP contribution in [0.5, 0.6) is 5.75 Å². The third-order valence-electron chi connectivity index (χ3n) is 2.97. The Morgan fingerprint density at radius 3 is 3.06 bits per heavy atom. The van der Waals surface area contributed by atoms with Gasteiger partial charge in [0, 0.05) is 12.7 Å². The molecule has 3 nitrogen and oxygen atoms in total. The number of ether oxygens (including phenoxy) is 1. The minimum atomic E-state index is 0.681. The third kappa shape index (κ3) is 3.80. The summed E-state index contributed by atoms with van der Waals surface area (Å²) in [6, 6.07) is 3.88. The van der Waals surface area contributed by atoms with Crippen molar-refractivity contribution in [2.24, 2.45) is 5.92 Å². The summed E-state index contributed by atoms with van der Waals surface area (Å²) in [6.45, 7) is 3.69. The Morgan fingerprint density at radius 1 is 1.47 bits per heavy atom. The van der Waals surface area contributed by atoms with Gasteiger partial charge in [0.1, 0.15) is 0 Å². The minimum absolute atomic E-state index is 0.681. The van der Waals surface area contributed by atoms with E-state index < -0.39 is 0 Å². The molecule has 0 aliphatic carbocycles. The summed E-state index contributed by atoms with van der Waals surface area (Å²) in [5.41, 5.74) is 0. The third-order valence-corrected chi connectivity index (χ3v) is 4.02. The Labute approximate surface area is 107 Å². The van der Waals surface area contributed by atoms with Gasteiger partial charge in [0.05, 0.1) is 6.61 Å². The van der Waals surface area contributed by atoms with Crippen molar-refractivity contribution in [3.05, 3.63) is 18.3 Å². The molecule has 0 spiro atoms. The fourth-order valence-electron chi connectivity index (χ4n) is 1.99. The van der Waals surface area contributed by atoms with E-state index >= 15 is 0 Å². The van der Waals surface area contributed by atoms with Crippen LogP contribution in [0, 0.1) is 5.92 Å². The molecule has 94 valence electrons. The predicted molar refractivity (Wildman–Crippen MR) is 73.9 cm³/mol. The number of hydrogen-bond acceptors (Lipinski definition) is 4. The van der Waals surface area contributed by atoms with Crippen molar-refractivity contribution in [1.82, 2.24) is 4.98 Å². The fourth-order valence-corrected chi connectivity index (χ4v) is 3.19. The summed E-state index contributed by atoms with van der Waals surface area (Å²) in [4.78, 5) is 4.34. The molecule has 17 heavy (non-hydrogen) atoms. The number of nitrogens with zero attached hydrogens (tertiary/aromatic N) is 1. The van der Waals surface area contributed by atoms with Crippen LogP contribution in [0.15, 0.2) is 18.3 Å². The molecule has 0 saturated carbocycles. The van der Waals surface area contributed by atoms with Crippen LogP contribution in [0.4, 0.5) is 5.82 Å². The van der Waals surface area contributed by atoms with Gasteiger partial charge in [0.2, 0.25) is 0 Å². The van der Waals surface area contributed by atoms with Crippen molar-refractivity contribution in [3.8, 4) is 5.75 Å². The van der Waals surface area contributed by atoms with Gasteiger partial charge >= 0.3 is 0 Å². The van der Waals surface area contributed by atoms with Gasteiger partial charge in [-0.1, -0.05) is 0 Å². The maximum Gasteiger partial charge on any atom is 0.168 e. The maximum absolute atomic E-state index is 5.55. The average molecular weight is 252 g/mol. The first-order chi connectivity index (χ1) is 8.40. The number of hydrogen-bond donors (Lipinski definition) is 1. The zero-order valence-corrected chi connectivity index (χ0v) is 11.1. The van der Waals surface area contributed by atoms with E-state index in [0.717, 1.165) is 24.0 Å². The lowest BCUT2D eigenvalue weighted by atomic mass is 10.0. The van der Waals surface area contributed by atoms with Gasteiger partial charge in [-0.2, -0.15) is 11.8 Å². The molecule has 0 unspecified atom stereocenters. The molecule has 1 aromatic rings. The lowest BCUT2D eigenvalue weighted by Crippen LogP contribution is -2.19. The molecule has 1 aliphatic rings. The van der Waals surface area contributed by atoms with Gasteiger partial charge in [-0.25, -0.2) is 4.98 Å². The molecule has 1 aromatic heterocycles. The van der Waals surface area contributed by atoms with E-state index in [1.165, 1.54) is 24.3 Å². The monoisotopic (exact) mass is 252 g/mol. The van der Waals surface area contributed by atoms with Crippen molar-refractivity contribution >= 4 is 17.6 Å². The molecule has 0 atom stereocenters. The fraction of sp³-hybridized carbons (Fsp3) is 0.615. The summed E-state index contributed by atoms with van der Waals surface area (Å²) >= 11 is 2.06. The topological polar surface area (TPSA) is 34.1 Å². The van der Waals surface area contributed by atoms with E-state index in [9.17, 15) is 0 Å². The Bertz CT molecular complexity index is 340. The second kappa shape index (κ2) is 6.74. The first-order valence-corrected chi connectivity index (χ1v) is 7.45. The number of anilines is 1. The normalized spacial score (nSPS) is 16.8. The molecule has 0 radical (unpaired) electrons. The number of aromatic nitrogens is 1. The Morgan fingerprint density at radius 2 is 2.29 bits per heavy atom. The van der Waals surface area contributed by atoms with Gasteiger partial charge in [-0.15, -0.1) is 0 Å². The molecule has 1 saturated heterocycles. The van der Waals surface area contributed by atoms with Crippen molar-refractivity contribution in [3.63, 3.8) is 0 Å². The van der Waals surface area contributed by atoms with E-state index in [2.05, 4.69) is 22.1 Å². The Kier molecular flexibility index (Phi) is 4.98. The number of nitrogens with one attached hydrogen (secondary N) is 1. The summed E-state index contributed by atoms with van der Waals surface area (Å²) < 4.78 is 5.55. The molecule has 2 rings (SSSR count). The summed E-state index contributed by atoms with van der Waals surface area (Å²) in [5.74, 6) is 5.13.